The number of hydrogen-bond donors (Lipinski definition) is 2. The minimum atomic E-state index is -0.863. The predicted molar refractivity (Wildman–Crippen MR) is 109 cm³/mol. The van der Waals surface area contributed by atoms with E-state index in [4.69, 9.17) is 5.11 Å². The average molecular weight is 479 g/mol. The summed E-state index contributed by atoms with van der Waals surface area (Å²) in [7, 11) is 0. The smallest absolute Gasteiger partial charge is 0.407 e. The molecule has 3 heterocycles. The number of fused-ring (bicyclic) bond motifs is 1. The van der Waals surface area contributed by atoms with Gasteiger partial charge in [-0.3, -0.25) is 0 Å². The van der Waals surface area contributed by atoms with Crippen LogP contribution >= 0.6 is 22.6 Å². The summed E-state index contributed by atoms with van der Waals surface area (Å²) < 4.78 is 2.60. The third-order valence-electron chi connectivity index (χ3n) is 4.77. The van der Waals surface area contributed by atoms with Crippen LogP contribution in [-0.2, 0) is 6.61 Å². The Morgan fingerprint density at radius 2 is 1.85 bits per heavy atom. The number of halogens is 1. The van der Waals surface area contributed by atoms with Gasteiger partial charge in [0.25, 0.3) is 0 Å². The standard InChI is InChI=1S/C18H18IN5O3/c19-16-10-20-17-9-14(15(11-25)21-24(16)17)12-1-3-13(4-2-12)22-5-7-23(8-6-22)18(26)27/h1-4,9-10,25H,5-8,11H2,(H,26,27). The van der Waals surface area contributed by atoms with E-state index in [1.807, 2.05) is 30.3 Å². The molecule has 1 aliphatic heterocycles. The Balaban J connectivity index is 1.59. The molecule has 0 radical (unpaired) electrons. The van der Waals surface area contributed by atoms with Gasteiger partial charge in [0.15, 0.2) is 5.65 Å². The van der Waals surface area contributed by atoms with Crippen molar-refractivity contribution in [3.05, 3.63) is 45.9 Å². The van der Waals surface area contributed by atoms with Crippen LogP contribution in [0.25, 0.3) is 16.8 Å². The van der Waals surface area contributed by atoms with Gasteiger partial charge in [-0.05, 0) is 46.4 Å². The van der Waals surface area contributed by atoms with Crippen molar-refractivity contribution < 1.29 is 15.0 Å². The zero-order chi connectivity index (χ0) is 19.0. The van der Waals surface area contributed by atoms with Crippen LogP contribution in [-0.4, -0.2) is 62.0 Å². The van der Waals surface area contributed by atoms with Gasteiger partial charge in [0.1, 0.15) is 3.70 Å². The number of carboxylic acid groups (broad SMARTS) is 1. The molecule has 0 atom stereocenters. The second kappa shape index (κ2) is 7.31. The minimum Gasteiger partial charge on any atom is -0.465 e. The highest BCUT2D eigenvalue weighted by Gasteiger charge is 2.20. The van der Waals surface area contributed by atoms with E-state index >= 15 is 0 Å². The number of anilines is 1. The Morgan fingerprint density at radius 1 is 1.15 bits per heavy atom. The molecule has 3 aromatic rings. The number of aliphatic hydroxyl groups excluding tert-OH is 1. The van der Waals surface area contributed by atoms with E-state index in [0.717, 1.165) is 26.2 Å². The number of piperazine rings is 1. The number of carbonyl (C=O) groups is 1. The van der Waals surface area contributed by atoms with Crippen molar-refractivity contribution in [2.45, 2.75) is 6.61 Å². The van der Waals surface area contributed by atoms with Crippen LogP contribution in [0.2, 0.25) is 0 Å². The third kappa shape index (κ3) is 3.44. The molecule has 8 nitrogen and oxygen atoms in total. The maximum absolute atomic E-state index is 11.0. The van der Waals surface area contributed by atoms with Crippen LogP contribution in [0, 0.1) is 3.70 Å². The molecule has 140 valence electrons. The summed E-state index contributed by atoms with van der Waals surface area (Å²) in [5.41, 5.74) is 4.20. The van der Waals surface area contributed by atoms with Crippen molar-refractivity contribution in [2.24, 2.45) is 0 Å². The predicted octanol–water partition coefficient (Wildman–Crippen LogP) is 2.29. The lowest BCUT2D eigenvalue weighted by Gasteiger charge is -2.34. The average Bonchev–Trinajstić information content (AvgIpc) is 3.07. The highest BCUT2D eigenvalue weighted by molar-refractivity contribution is 14.1. The summed E-state index contributed by atoms with van der Waals surface area (Å²) in [6.07, 6.45) is 0.881. The Morgan fingerprint density at radius 3 is 2.48 bits per heavy atom. The lowest BCUT2D eigenvalue weighted by Crippen LogP contribution is -2.48. The van der Waals surface area contributed by atoms with Crippen LogP contribution < -0.4 is 4.90 Å². The number of nitrogens with zero attached hydrogens (tertiary/aromatic N) is 5. The van der Waals surface area contributed by atoms with E-state index in [2.05, 4.69) is 37.6 Å². The van der Waals surface area contributed by atoms with Gasteiger partial charge in [0.05, 0.1) is 18.5 Å². The van der Waals surface area contributed by atoms with Crippen LogP contribution in [0.1, 0.15) is 5.69 Å². The topological polar surface area (TPSA) is 94.2 Å². The Kier molecular flexibility index (Phi) is 4.87. The molecule has 9 heteroatoms. The molecule has 4 rings (SSSR count). The highest BCUT2D eigenvalue weighted by Crippen LogP contribution is 2.27. The van der Waals surface area contributed by atoms with E-state index in [1.54, 1.807) is 10.7 Å². The number of benzene rings is 1. The molecule has 0 saturated carbocycles. The van der Waals surface area contributed by atoms with E-state index in [1.165, 1.54) is 4.90 Å². The second-order valence-corrected chi connectivity index (χ2v) is 7.42. The van der Waals surface area contributed by atoms with E-state index < -0.39 is 6.09 Å². The maximum Gasteiger partial charge on any atom is 0.407 e. The fourth-order valence-corrected chi connectivity index (χ4v) is 3.79. The van der Waals surface area contributed by atoms with Gasteiger partial charge in [-0.2, -0.15) is 5.10 Å². The van der Waals surface area contributed by atoms with Gasteiger partial charge < -0.3 is 20.0 Å². The molecule has 1 fully saturated rings. The number of amides is 1. The zero-order valence-corrected chi connectivity index (χ0v) is 16.6. The van der Waals surface area contributed by atoms with E-state index in [9.17, 15) is 9.90 Å². The van der Waals surface area contributed by atoms with Gasteiger partial charge in [-0.25, -0.2) is 14.3 Å². The molecule has 27 heavy (non-hydrogen) atoms. The van der Waals surface area contributed by atoms with E-state index in [0.29, 0.717) is 31.9 Å². The summed E-state index contributed by atoms with van der Waals surface area (Å²) in [6, 6.07) is 9.97. The largest absolute Gasteiger partial charge is 0.465 e. The third-order valence-corrected chi connectivity index (χ3v) is 5.51. The van der Waals surface area contributed by atoms with Crippen LogP contribution in [0.15, 0.2) is 36.5 Å². The number of aromatic nitrogens is 3. The zero-order valence-electron chi connectivity index (χ0n) is 14.4. The maximum atomic E-state index is 11.0. The molecule has 2 N–H and O–H groups in total. The molecule has 0 unspecified atom stereocenters. The molecule has 1 saturated heterocycles. The summed E-state index contributed by atoms with van der Waals surface area (Å²) in [5.74, 6) is 0. The molecule has 1 aromatic carbocycles. The van der Waals surface area contributed by atoms with Crippen LogP contribution in [0.3, 0.4) is 0 Å². The highest BCUT2D eigenvalue weighted by atomic mass is 127. The monoisotopic (exact) mass is 479 g/mol. The van der Waals surface area contributed by atoms with Crippen molar-refractivity contribution >= 4 is 40.0 Å². The molecular weight excluding hydrogens is 461 g/mol. The summed E-state index contributed by atoms with van der Waals surface area (Å²) in [4.78, 5) is 19.0. The number of aliphatic hydroxyl groups is 1. The number of hydrogen-bond acceptors (Lipinski definition) is 5. The summed E-state index contributed by atoms with van der Waals surface area (Å²) in [6.45, 7) is 2.20. The molecule has 1 aliphatic rings. The summed E-state index contributed by atoms with van der Waals surface area (Å²) >= 11 is 2.16. The van der Waals surface area contributed by atoms with Crippen LogP contribution in [0.4, 0.5) is 10.5 Å². The van der Waals surface area contributed by atoms with Gasteiger partial charge in [0.2, 0.25) is 0 Å². The van der Waals surface area contributed by atoms with Crippen molar-refractivity contribution in [1.29, 1.82) is 0 Å². The van der Waals surface area contributed by atoms with Crippen molar-refractivity contribution in [2.75, 3.05) is 31.1 Å². The minimum absolute atomic E-state index is 0.154. The van der Waals surface area contributed by atoms with E-state index in [-0.39, 0.29) is 6.61 Å². The lowest BCUT2D eigenvalue weighted by molar-refractivity contribution is 0.142. The van der Waals surface area contributed by atoms with Gasteiger partial charge in [-0.15, -0.1) is 0 Å². The van der Waals surface area contributed by atoms with Crippen molar-refractivity contribution in [1.82, 2.24) is 19.5 Å². The normalized spacial score (nSPS) is 14.7. The van der Waals surface area contributed by atoms with Gasteiger partial charge >= 0.3 is 6.09 Å². The molecule has 1 amide bonds. The Hall–Kier alpha value is -2.40. The SMILES string of the molecule is O=C(O)N1CCN(c2ccc(-c3cc4ncc(I)n4nc3CO)cc2)CC1. The quantitative estimate of drug-likeness (QED) is 0.561. The molecular formula is C18H18IN5O3. The number of rotatable bonds is 3. The molecule has 0 spiro atoms. The molecule has 2 aromatic heterocycles. The van der Waals surface area contributed by atoms with Gasteiger partial charge in [0, 0.05) is 37.4 Å². The van der Waals surface area contributed by atoms with Crippen molar-refractivity contribution in [3.63, 3.8) is 0 Å². The lowest BCUT2D eigenvalue weighted by atomic mass is 10.0. The molecule has 0 bridgehead atoms. The second-order valence-electron chi connectivity index (χ2n) is 6.32. The molecule has 0 aliphatic carbocycles. The fourth-order valence-electron chi connectivity index (χ4n) is 3.30. The first-order chi connectivity index (χ1) is 13.1. The number of imidazole rings is 1. The van der Waals surface area contributed by atoms with Crippen LogP contribution in [0.5, 0.6) is 0 Å². The fraction of sp³-hybridized carbons (Fsp3) is 0.278. The summed E-state index contributed by atoms with van der Waals surface area (Å²) in [5, 5.41) is 23.3. The Bertz CT molecular complexity index is 981. The first kappa shape index (κ1) is 18.0. The Labute approximate surface area is 169 Å². The first-order valence-electron chi connectivity index (χ1n) is 8.54. The van der Waals surface area contributed by atoms with Gasteiger partial charge in [-0.1, -0.05) is 12.1 Å². The first-order valence-corrected chi connectivity index (χ1v) is 9.62. The van der Waals surface area contributed by atoms with Crippen molar-refractivity contribution in [3.8, 4) is 11.1 Å².